The van der Waals surface area contributed by atoms with Crippen molar-refractivity contribution in [2.24, 2.45) is 11.7 Å². The SMILES string of the molecule is CCOc1ccc(CCC(CC)CC(C)(N)C(=O)O)cc1OCC. The lowest BCUT2D eigenvalue weighted by Gasteiger charge is -2.25. The molecule has 1 aromatic rings. The van der Waals surface area contributed by atoms with Crippen LogP contribution in [0.2, 0.25) is 0 Å². The lowest BCUT2D eigenvalue weighted by Crippen LogP contribution is -2.46. The highest BCUT2D eigenvalue weighted by molar-refractivity contribution is 5.77. The highest BCUT2D eigenvalue weighted by Crippen LogP contribution is 2.30. The average Bonchev–Trinajstić information content (AvgIpc) is 2.53. The first kappa shape index (κ1) is 20.3. The van der Waals surface area contributed by atoms with Crippen LogP contribution in [0.5, 0.6) is 11.5 Å². The zero-order valence-electron chi connectivity index (χ0n) is 15.3. The Kier molecular flexibility index (Phi) is 8.05. The predicted octanol–water partition coefficient (Wildman–Crippen LogP) is 3.63. The van der Waals surface area contributed by atoms with Gasteiger partial charge in [-0.2, -0.15) is 0 Å². The minimum Gasteiger partial charge on any atom is -0.490 e. The molecule has 0 aromatic heterocycles. The monoisotopic (exact) mass is 337 g/mol. The molecule has 0 bridgehead atoms. The third-order valence-electron chi connectivity index (χ3n) is 4.23. The van der Waals surface area contributed by atoms with Gasteiger partial charge >= 0.3 is 5.97 Å². The van der Waals surface area contributed by atoms with Gasteiger partial charge in [0, 0.05) is 0 Å². The summed E-state index contributed by atoms with van der Waals surface area (Å²) in [6.07, 6.45) is 3.15. The topological polar surface area (TPSA) is 81.8 Å². The van der Waals surface area contributed by atoms with E-state index in [9.17, 15) is 9.90 Å². The zero-order chi connectivity index (χ0) is 18.2. The second-order valence-electron chi connectivity index (χ2n) is 6.39. The van der Waals surface area contributed by atoms with Gasteiger partial charge in [-0.25, -0.2) is 0 Å². The van der Waals surface area contributed by atoms with Crippen LogP contribution >= 0.6 is 0 Å². The van der Waals surface area contributed by atoms with Gasteiger partial charge in [0.1, 0.15) is 5.54 Å². The Morgan fingerprint density at radius 1 is 1.21 bits per heavy atom. The van der Waals surface area contributed by atoms with Gasteiger partial charge < -0.3 is 20.3 Å². The summed E-state index contributed by atoms with van der Waals surface area (Å²) in [6.45, 7) is 8.74. The number of carboxylic acids is 1. The van der Waals surface area contributed by atoms with E-state index in [1.165, 1.54) is 0 Å². The van der Waals surface area contributed by atoms with Crippen molar-refractivity contribution in [2.45, 2.75) is 58.9 Å². The molecule has 0 saturated carbocycles. The summed E-state index contributed by atoms with van der Waals surface area (Å²) in [5, 5.41) is 9.19. The molecule has 0 radical (unpaired) electrons. The summed E-state index contributed by atoms with van der Waals surface area (Å²) in [4.78, 5) is 11.2. The molecule has 0 aliphatic carbocycles. The van der Waals surface area contributed by atoms with E-state index in [1.54, 1.807) is 6.92 Å². The molecule has 0 spiro atoms. The highest BCUT2D eigenvalue weighted by Gasteiger charge is 2.30. The second kappa shape index (κ2) is 9.52. The summed E-state index contributed by atoms with van der Waals surface area (Å²) in [6, 6.07) is 5.99. The maximum absolute atomic E-state index is 11.2. The Bertz CT molecular complexity index is 528. The van der Waals surface area contributed by atoms with Crippen molar-refractivity contribution in [3.8, 4) is 11.5 Å². The molecule has 136 valence electrons. The van der Waals surface area contributed by atoms with Crippen molar-refractivity contribution in [1.29, 1.82) is 0 Å². The highest BCUT2D eigenvalue weighted by atomic mass is 16.5. The van der Waals surface area contributed by atoms with Crippen molar-refractivity contribution < 1.29 is 19.4 Å². The average molecular weight is 337 g/mol. The number of ether oxygens (including phenoxy) is 2. The first-order valence-electron chi connectivity index (χ1n) is 8.74. The molecular weight excluding hydrogens is 306 g/mol. The zero-order valence-corrected chi connectivity index (χ0v) is 15.3. The van der Waals surface area contributed by atoms with E-state index >= 15 is 0 Å². The van der Waals surface area contributed by atoms with E-state index in [4.69, 9.17) is 15.2 Å². The molecule has 0 saturated heterocycles. The van der Waals surface area contributed by atoms with Crippen LogP contribution in [-0.4, -0.2) is 29.8 Å². The molecule has 0 amide bonds. The summed E-state index contributed by atoms with van der Waals surface area (Å²) >= 11 is 0. The molecule has 1 aromatic carbocycles. The molecule has 2 atom stereocenters. The molecule has 24 heavy (non-hydrogen) atoms. The molecule has 5 nitrogen and oxygen atoms in total. The summed E-state index contributed by atoms with van der Waals surface area (Å²) < 4.78 is 11.2. The summed E-state index contributed by atoms with van der Waals surface area (Å²) in [7, 11) is 0. The van der Waals surface area contributed by atoms with Crippen molar-refractivity contribution in [3.63, 3.8) is 0 Å². The number of rotatable bonds is 11. The number of aryl methyl sites for hydroxylation is 1. The standard InChI is InChI=1S/C19H31NO4/c1-5-14(13-19(4,20)18(21)22)8-9-15-10-11-16(23-6-2)17(12-15)24-7-3/h10-12,14H,5-9,13,20H2,1-4H3,(H,21,22). The van der Waals surface area contributed by atoms with E-state index < -0.39 is 11.5 Å². The van der Waals surface area contributed by atoms with Gasteiger partial charge in [-0.05, 0) is 63.6 Å². The molecule has 0 aliphatic heterocycles. The fraction of sp³-hybridized carbons (Fsp3) is 0.632. The number of nitrogens with two attached hydrogens (primary N) is 1. The van der Waals surface area contributed by atoms with Crippen molar-refractivity contribution in [3.05, 3.63) is 23.8 Å². The molecule has 2 unspecified atom stereocenters. The van der Waals surface area contributed by atoms with Crippen LogP contribution in [0.1, 0.15) is 52.5 Å². The first-order valence-corrected chi connectivity index (χ1v) is 8.74. The number of carboxylic acid groups (broad SMARTS) is 1. The first-order chi connectivity index (χ1) is 11.3. The Hall–Kier alpha value is -1.75. The molecule has 0 heterocycles. The van der Waals surface area contributed by atoms with Crippen LogP contribution in [0, 0.1) is 5.92 Å². The Balaban J connectivity index is 2.74. The van der Waals surface area contributed by atoms with Crippen LogP contribution < -0.4 is 15.2 Å². The van der Waals surface area contributed by atoms with E-state index in [0.717, 1.165) is 36.3 Å². The van der Waals surface area contributed by atoms with Crippen LogP contribution in [0.25, 0.3) is 0 Å². The summed E-state index contributed by atoms with van der Waals surface area (Å²) in [5.41, 5.74) is 5.88. The van der Waals surface area contributed by atoms with Crippen LogP contribution in [-0.2, 0) is 11.2 Å². The molecular formula is C19H31NO4. The van der Waals surface area contributed by atoms with Gasteiger partial charge in [-0.3, -0.25) is 4.79 Å². The van der Waals surface area contributed by atoms with Gasteiger partial charge in [0.25, 0.3) is 0 Å². The van der Waals surface area contributed by atoms with Gasteiger partial charge in [0.15, 0.2) is 11.5 Å². The minimum atomic E-state index is -1.17. The normalized spacial score (nSPS) is 14.7. The van der Waals surface area contributed by atoms with Crippen molar-refractivity contribution in [2.75, 3.05) is 13.2 Å². The van der Waals surface area contributed by atoms with Gasteiger partial charge in [0.05, 0.1) is 13.2 Å². The molecule has 1 rings (SSSR count). The van der Waals surface area contributed by atoms with E-state index in [1.807, 2.05) is 32.0 Å². The molecule has 5 heteroatoms. The number of hydrogen-bond donors (Lipinski definition) is 2. The summed E-state index contributed by atoms with van der Waals surface area (Å²) in [5.74, 6) is 0.855. The second-order valence-corrected chi connectivity index (χ2v) is 6.39. The fourth-order valence-electron chi connectivity index (χ4n) is 2.76. The van der Waals surface area contributed by atoms with E-state index in [0.29, 0.717) is 19.6 Å². The van der Waals surface area contributed by atoms with Gasteiger partial charge in [-0.1, -0.05) is 19.4 Å². The number of aliphatic carboxylic acids is 1. The lowest BCUT2D eigenvalue weighted by atomic mass is 9.85. The fourth-order valence-corrected chi connectivity index (χ4v) is 2.76. The smallest absolute Gasteiger partial charge is 0.323 e. The van der Waals surface area contributed by atoms with Gasteiger partial charge in [-0.15, -0.1) is 0 Å². The van der Waals surface area contributed by atoms with Crippen LogP contribution in [0.3, 0.4) is 0 Å². The molecule has 0 fully saturated rings. The van der Waals surface area contributed by atoms with Crippen molar-refractivity contribution in [1.82, 2.24) is 0 Å². The molecule has 3 N–H and O–H groups in total. The largest absolute Gasteiger partial charge is 0.490 e. The third-order valence-corrected chi connectivity index (χ3v) is 4.23. The Morgan fingerprint density at radius 3 is 2.38 bits per heavy atom. The van der Waals surface area contributed by atoms with E-state index in [-0.39, 0.29) is 5.92 Å². The maximum atomic E-state index is 11.2. The molecule has 0 aliphatic rings. The predicted molar refractivity (Wildman–Crippen MR) is 95.7 cm³/mol. The third kappa shape index (κ3) is 6.04. The minimum absolute atomic E-state index is 0.276. The Morgan fingerprint density at radius 2 is 1.83 bits per heavy atom. The van der Waals surface area contributed by atoms with Crippen LogP contribution in [0.15, 0.2) is 18.2 Å². The Labute approximate surface area is 145 Å². The number of benzene rings is 1. The lowest BCUT2D eigenvalue weighted by molar-refractivity contribution is -0.143. The quantitative estimate of drug-likeness (QED) is 0.644. The number of carbonyl (C=O) groups is 1. The van der Waals surface area contributed by atoms with Crippen molar-refractivity contribution >= 4 is 5.97 Å². The maximum Gasteiger partial charge on any atom is 0.323 e. The number of hydrogen-bond acceptors (Lipinski definition) is 4. The van der Waals surface area contributed by atoms with Crippen LogP contribution in [0.4, 0.5) is 0 Å². The van der Waals surface area contributed by atoms with E-state index in [2.05, 4.69) is 6.92 Å². The van der Waals surface area contributed by atoms with Gasteiger partial charge in [0.2, 0.25) is 0 Å².